The van der Waals surface area contributed by atoms with Gasteiger partial charge in [-0.05, 0) is 49.0 Å². The summed E-state index contributed by atoms with van der Waals surface area (Å²) < 4.78 is 0. The second-order valence-electron chi connectivity index (χ2n) is 9.59. The Bertz CT molecular complexity index is 1210. The Morgan fingerprint density at radius 3 is 2.89 bits per heavy atom. The summed E-state index contributed by atoms with van der Waals surface area (Å²) in [4.78, 5) is 50.2. The molecule has 1 atom stereocenters. The maximum Gasteiger partial charge on any atom is 0.246 e. The number of carbonyl (C=O) groups excluding carboxylic acids is 3. The van der Waals surface area contributed by atoms with Crippen molar-refractivity contribution >= 4 is 41.0 Å². The fraction of sp³-hybridized carbons (Fsp3) is 0.423. The second kappa shape index (κ2) is 9.73. The van der Waals surface area contributed by atoms with Crippen molar-refractivity contribution in [3.05, 3.63) is 57.7 Å². The maximum absolute atomic E-state index is 12.9. The van der Waals surface area contributed by atoms with E-state index in [2.05, 4.69) is 21.4 Å². The van der Waals surface area contributed by atoms with Crippen LogP contribution in [-0.4, -0.2) is 64.2 Å². The Morgan fingerprint density at radius 2 is 2.11 bits per heavy atom. The lowest BCUT2D eigenvalue weighted by Crippen LogP contribution is -2.42. The van der Waals surface area contributed by atoms with E-state index in [1.165, 1.54) is 5.57 Å². The van der Waals surface area contributed by atoms with Crippen LogP contribution in [0, 0.1) is 5.41 Å². The van der Waals surface area contributed by atoms with E-state index in [1.54, 1.807) is 41.6 Å². The van der Waals surface area contributed by atoms with Crippen molar-refractivity contribution in [1.82, 2.24) is 19.8 Å². The number of anilines is 1. The Balaban J connectivity index is 1.24. The van der Waals surface area contributed by atoms with Gasteiger partial charge in [0.2, 0.25) is 17.7 Å². The summed E-state index contributed by atoms with van der Waals surface area (Å²) in [5, 5.41) is 6.04. The predicted octanol–water partition coefficient (Wildman–Crippen LogP) is 3.08. The number of nitrogens with zero attached hydrogens (tertiary/aromatic N) is 4. The molecule has 5 heterocycles. The fourth-order valence-electron chi connectivity index (χ4n) is 5.00. The van der Waals surface area contributed by atoms with Crippen molar-refractivity contribution in [1.29, 1.82) is 0 Å². The highest BCUT2D eigenvalue weighted by molar-refractivity contribution is 7.09. The lowest BCUT2D eigenvalue weighted by atomic mass is 9.73. The number of thiazole rings is 1. The first-order chi connectivity index (χ1) is 16.9. The van der Waals surface area contributed by atoms with Gasteiger partial charge in [-0.2, -0.15) is 0 Å². The number of rotatable bonds is 4. The van der Waals surface area contributed by atoms with Crippen molar-refractivity contribution < 1.29 is 14.4 Å². The van der Waals surface area contributed by atoms with Gasteiger partial charge in [0.1, 0.15) is 5.82 Å². The topological polar surface area (TPSA) is 95.5 Å². The Labute approximate surface area is 208 Å². The molecule has 0 aromatic carbocycles. The van der Waals surface area contributed by atoms with Crippen molar-refractivity contribution in [2.24, 2.45) is 5.41 Å². The SMILES string of the molecule is CN1CCC2(CCC1=O)Cc1cc(/C=C/C(=O)N3CC=C(Cc4nccs4)CC3)cnc1NC2=O. The molecule has 1 spiro atoms. The van der Waals surface area contributed by atoms with Crippen LogP contribution >= 0.6 is 11.3 Å². The van der Waals surface area contributed by atoms with Crippen molar-refractivity contribution in [2.45, 2.75) is 38.5 Å². The molecule has 0 saturated carbocycles. The zero-order valence-corrected chi connectivity index (χ0v) is 20.6. The van der Waals surface area contributed by atoms with Gasteiger partial charge in [0.05, 0.1) is 10.4 Å². The molecule has 0 aliphatic carbocycles. The molecule has 3 aliphatic heterocycles. The molecular weight excluding hydrogens is 462 g/mol. The summed E-state index contributed by atoms with van der Waals surface area (Å²) in [6.45, 7) is 1.87. The van der Waals surface area contributed by atoms with Crippen LogP contribution in [0.2, 0.25) is 0 Å². The monoisotopic (exact) mass is 491 g/mol. The van der Waals surface area contributed by atoms with Gasteiger partial charge in [-0.15, -0.1) is 11.3 Å². The molecule has 3 amide bonds. The molecule has 2 aromatic heterocycles. The van der Waals surface area contributed by atoms with Gasteiger partial charge in [-0.1, -0.05) is 11.6 Å². The van der Waals surface area contributed by atoms with Gasteiger partial charge >= 0.3 is 0 Å². The molecule has 3 aliphatic rings. The standard InChI is InChI=1S/C26H29N5O3S/c1-30-12-8-26(7-4-22(30)32)16-20-14-19(17-28-24(20)29-25(26)34)2-3-23(33)31-10-5-18(6-11-31)15-21-27-9-13-35-21/h2-3,5,9,13-14,17H,4,6-8,10-12,15-16H2,1H3,(H,28,29,34)/b3-2+. The molecule has 1 saturated heterocycles. The van der Waals surface area contributed by atoms with E-state index in [4.69, 9.17) is 0 Å². The van der Waals surface area contributed by atoms with Crippen LogP contribution in [-0.2, 0) is 27.2 Å². The first-order valence-electron chi connectivity index (χ1n) is 12.0. The van der Waals surface area contributed by atoms with Crippen LogP contribution in [0.4, 0.5) is 5.82 Å². The molecule has 0 radical (unpaired) electrons. The van der Waals surface area contributed by atoms with E-state index in [0.717, 1.165) is 29.0 Å². The molecule has 2 aromatic rings. The highest BCUT2D eigenvalue weighted by Crippen LogP contribution is 2.41. The minimum atomic E-state index is -0.594. The number of aromatic nitrogens is 2. The van der Waals surface area contributed by atoms with E-state index in [0.29, 0.717) is 51.1 Å². The molecule has 8 nitrogen and oxygen atoms in total. The number of pyridine rings is 1. The average Bonchev–Trinajstić information content (AvgIpc) is 3.33. The first kappa shape index (κ1) is 23.4. The van der Waals surface area contributed by atoms with Gasteiger partial charge in [-0.3, -0.25) is 14.4 Å². The first-order valence-corrected chi connectivity index (χ1v) is 12.9. The average molecular weight is 492 g/mol. The van der Waals surface area contributed by atoms with Gasteiger partial charge in [0, 0.05) is 63.4 Å². The summed E-state index contributed by atoms with van der Waals surface area (Å²) in [7, 11) is 1.79. The molecule has 182 valence electrons. The summed E-state index contributed by atoms with van der Waals surface area (Å²) in [5.41, 5.74) is 2.50. The predicted molar refractivity (Wildman–Crippen MR) is 135 cm³/mol. The Hall–Kier alpha value is -3.33. The second-order valence-corrected chi connectivity index (χ2v) is 10.6. The van der Waals surface area contributed by atoms with Crippen LogP contribution < -0.4 is 5.32 Å². The van der Waals surface area contributed by atoms with Crippen LogP contribution in [0.3, 0.4) is 0 Å². The Kier molecular flexibility index (Phi) is 6.51. The van der Waals surface area contributed by atoms with Gasteiger partial charge < -0.3 is 15.1 Å². The largest absolute Gasteiger partial charge is 0.346 e. The summed E-state index contributed by atoms with van der Waals surface area (Å²) >= 11 is 1.66. The van der Waals surface area contributed by atoms with Crippen LogP contribution in [0.1, 0.15) is 41.8 Å². The highest BCUT2D eigenvalue weighted by Gasteiger charge is 2.44. The van der Waals surface area contributed by atoms with Gasteiger partial charge in [0.25, 0.3) is 0 Å². The van der Waals surface area contributed by atoms with Crippen LogP contribution in [0.5, 0.6) is 0 Å². The molecule has 35 heavy (non-hydrogen) atoms. The van der Waals surface area contributed by atoms with E-state index < -0.39 is 5.41 Å². The lowest BCUT2D eigenvalue weighted by Gasteiger charge is -2.35. The summed E-state index contributed by atoms with van der Waals surface area (Å²) in [6, 6.07) is 1.99. The molecule has 1 N–H and O–H groups in total. The van der Waals surface area contributed by atoms with E-state index in [1.807, 2.05) is 22.5 Å². The maximum atomic E-state index is 12.9. The number of hydrogen-bond acceptors (Lipinski definition) is 6. The minimum Gasteiger partial charge on any atom is -0.346 e. The van der Waals surface area contributed by atoms with Crippen molar-refractivity contribution in [3.63, 3.8) is 0 Å². The van der Waals surface area contributed by atoms with Crippen molar-refractivity contribution in [2.75, 3.05) is 32.0 Å². The number of hydrogen-bond donors (Lipinski definition) is 1. The molecule has 5 rings (SSSR count). The van der Waals surface area contributed by atoms with E-state index in [9.17, 15) is 14.4 Å². The molecule has 1 fully saturated rings. The number of amides is 3. The third kappa shape index (κ3) is 5.05. The summed E-state index contributed by atoms with van der Waals surface area (Å²) in [6.07, 6.45) is 12.8. The number of fused-ring (bicyclic) bond motifs is 1. The number of nitrogens with one attached hydrogen (secondary N) is 1. The van der Waals surface area contributed by atoms with Gasteiger partial charge in [-0.25, -0.2) is 9.97 Å². The van der Waals surface area contributed by atoms with Crippen molar-refractivity contribution in [3.8, 4) is 0 Å². The summed E-state index contributed by atoms with van der Waals surface area (Å²) in [5.74, 6) is 0.576. The van der Waals surface area contributed by atoms with E-state index >= 15 is 0 Å². The Morgan fingerprint density at radius 1 is 1.23 bits per heavy atom. The zero-order valence-electron chi connectivity index (χ0n) is 19.8. The molecule has 0 bridgehead atoms. The molecule has 1 unspecified atom stereocenters. The van der Waals surface area contributed by atoms with Crippen LogP contribution in [0.25, 0.3) is 6.08 Å². The molecule has 9 heteroatoms. The van der Waals surface area contributed by atoms with Gasteiger partial charge in [0.15, 0.2) is 0 Å². The van der Waals surface area contributed by atoms with E-state index in [-0.39, 0.29) is 17.7 Å². The molecular formula is C26H29N5O3S. The number of carbonyl (C=O) groups is 3. The quantitative estimate of drug-likeness (QED) is 0.524. The highest BCUT2D eigenvalue weighted by atomic mass is 32.1. The van der Waals surface area contributed by atoms with Crippen LogP contribution in [0.15, 0.2) is 41.6 Å². The number of likely N-dealkylation sites (tertiary alicyclic amines) is 1. The fourth-order valence-corrected chi connectivity index (χ4v) is 5.67. The zero-order chi connectivity index (χ0) is 24.4. The normalized spacial score (nSPS) is 22.7. The third-order valence-electron chi connectivity index (χ3n) is 7.29. The minimum absolute atomic E-state index is 0.0256. The third-order valence-corrected chi connectivity index (χ3v) is 8.07. The smallest absolute Gasteiger partial charge is 0.246 e. The lowest BCUT2D eigenvalue weighted by molar-refractivity contribution is -0.129.